The summed E-state index contributed by atoms with van der Waals surface area (Å²) in [6.45, 7) is 0. The van der Waals surface area contributed by atoms with Gasteiger partial charge in [-0.1, -0.05) is 11.6 Å². The minimum Gasteiger partial charge on any atom is -0.384 e. The Morgan fingerprint density at radius 2 is 2.20 bits per heavy atom. The van der Waals surface area contributed by atoms with Crippen LogP contribution in [0.5, 0.6) is 0 Å². The highest BCUT2D eigenvalue weighted by Crippen LogP contribution is 2.30. The molecule has 1 aromatic carbocycles. The first kappa shape index (κ1) is 14.4. The molecular weight excluding hydrogens is 302 g/mol. The average Bonchev–Trinajstić information content (AvgIpc) is 2.35. The molecule has 1 heterocycles. The predicted octanol–water partition coefficient (Wildman–Crippen LogP) is 0.557. The molecule has 0 atom stereocenters. The number of nitrogens with one attached hydrogen (secondary N) is 2. The van der Waals surface area contributed by atoms with E-state index < -0.39 is 11.1 Å². The fraction of sp³-hybridized carbons (Fsp3) is 0.0909. The van der Waals surface area contributed by atoms with Gasteiger partial charge in [0.2, 0.25) is 0 Å². The van der Waals surface area contributed by atoms with Crippen molar-refractivity contribution >= 4 is 29.2 Å². The van der Waals surface area contributed by atoms with E-state index >= 15 is 0 Å². The molecule has 0 aliphatic heterocycles. The van der Waals surface area contributed by atoms with Crippen molar-refractivity contribution in [3.05, 3.63) is 49.5 Å². The average molecular weight is 312 g/mol. The molecule has 0 saturated heterocycles. The minimum atomic E-state index is -0.878. The van der Waals surface area contributed by atoms with Crippen LogP contribution < -0.4 is 16.9 Å². The second-order valence-corrected chi connectivity index (χ2v) is 5.30. The topological polar surface area (TPSA) is 118 Å². The number of aromatic amines is 1. The third-order valence-corrected chi connectivity index (χ3v) is 3.72. The summed E-state index contributed by atoms with van der Waals surface area (Å²) in [4.78, 5) is 26.7. The number of aromatic nitrogens is 3. The summed E-state index contributed by atoms with van der Waals surface area (Å²) in [5, 5.41) is 10.6. The Labute approximate surface area is 122 Å². The number of nitrogen functional groups attached to an aromatic ring is 1. The molecule has 4 N–H and O–H groups in total. The quantitative estimate of drug-likeness (QED) is 0.435. The van der Waals surface area contributed by atoms with Crippen LogP contribution in [0.4, 0.5) is 0 Å². The zero-order chi connectivity index (χ0) is 14.9. The largest absolute Gasteiger partial charge is 0.384 e. The van der Waals surface area contributed by atoms with E-state index in [1.807, 2.05) is 0 Å². The van der Waals surface area contributed by atoms with Crippen molar-refractivity contribution in [1.82, 2.24) is 14.8 Å². The lowest BCUT2D eigenvalue weighted by molar-refractivity contribution is 0.596. The van der Waals surface area contributed by atoms with Gasteiger partial charge in [0.1, 0.15) is 5.84 Å². The molecule has 0 radical (unpaired) electrons. The molecule has 2 aromatic rings. The van der Waals surface area contributed by atoms with Crippen LogP contribution in [0.3, 0.4) is 0 Å². The molecule has 0 saturated carbocycles. The molecule has 20 heavy (non-hydrogen) atoms. The number of nitrogens with zero attached hydrogens (tertiary/aromatic N) is 2. The Morgan fingerprint density at radius 1 is 1.50 bits per heavy atom. The van der Waals surface area contributed by atoms with E-state index in [1.54, 1.807) is 25.2 Å². The van der Waals surface area contributed by atoms with Crippen molar-refractivity contribution in [3.63, 3.8) is 0 Å². The zero-order valence-corrected chi connectivity index (χ0v) is 11.9. The van der Waals surface area contributed by atoms with E-state index in [0.29, 0.717) is 15.5 Å². The standard InChI is InChI=1S/C11H10ClN5O2S/c1-17-11(15-9(18)10(19)16-17)20-7-4-5(12)2-3-6(7)8(13)14/h2-4H,1H3,(H3,13,14)(H,16,19). The molecule has 0 aliphatic carbocycles. The number of aryl methyl sites for hydroxylation is 1. The van der Waals surface area contributed by atoms with Gasteiger partial charge in [-0.3, -0.25) is 24.8 Å². The number of nitrogens with two attached hydrogens (primary N) is 1. The molecule has 0 amide bonds. The highest BCUT2D eigenvalue weighted by molar-refractivity contribution is 7.99. The molecule has 7 nitrogen and oxygen atoms in total. The van der Waals surface area contributed by atoms with Gasteiger partial charge < -0.3 is 5.73 Å². The first-order valence-corrected chi connectivity index (χ1v) is 6.57. The number of benzene rings is 1. The van der Waals surface area contributed by atoms with E-state index in [9.17, 15) is 9.59 Å². The number of amidine groups is 1. The van der Waals surface area contributed by atoms with Gasteiger partial charge in [-0.05, 0) is 30.0 Å². The lowest BCUT2D eigenvalue weighted by Crippen LogP contribution is -2.33. The molecule has 2 rings (SSSR count). The van der Waals surface area contributed by atoms with Gasteiger partial charge in [-0.25, -0.2) is 0 Å². The maximum absolute atomic E-state index is 11.3. The van der Waals surface area contributed by atoms with Crippen molar-refractivity contribution in [2.75, 3.05) is 0 Å². The molecule has 0 bridgehead atoms. The van der Waals surface area contributed by atoms with E-state index in [4.69, 9.17) is 22.7 Å². The molecule has 0 aliphatic rings. The van der Waals surface area contributed by atoms with Gasteiger partial charge in [-0.2, -0.15) is 4.98 Å². The summed E-state index contributed by atoms with van der Waals surface area (Å²) in [7, 11) is 1.55. The Balaban J connectivity index is 2.52. The second kappa shape index (κ2) is 5.51. The van der Waals surface area contributed by atoms with Gasteiger partial charge in [0.05, 0.1) is 0 Å². The summed E-state index contributed by atoms with van der Waals surface area (Å²) >= 11 is 7.00. The van der Waals surface area contributed by atoms with Gasteiger partial charge in [0.25, 0.3) is 0 Å². The van der Waals surface area contributed by atoms with Crippen molar-refractivity contribution in [2.45, 2.75) is 10.1 Å². The zero-order valence-electron chi connectivity index (χ0n) is 10.3. The second-order valence-electron chi connectivity index (χ2n) is 3.86. The van der Waals surface area contributed by atoms with Crippen LogP contribution in [0.1, 0.15) is 5.56 Å². The lowest BCUT2D eigenvalue weighted by atomic mass is 10.2. The van der Waals surface area contributed by atoms with Crippen LogP contribution in [-0.2, 0) is 7.05 Å². The lowest BCUT2D eigenvalue weighted by Gasteiger charge is -2.09. The monoisotopic (exact) mass is 311 g/mol. The van der Waals surface area contributed by atoms with Crippen molar-refractivity contribution < 1.29 is 0 Å². The predicted molar refractivity (Wildman–Crippen MR) is 76.7 cm³/mol. The first-order valence-electron chi connectivity index (χ1n) is 5.37. The molecule has 0 spiro atoms. The summed E-state index contributed by atoms with van der Waals surface area (Å²) in [6.07, 6.45) is 0. The molecule has 104 valence electrons. The van der Waals surface area contributed by atoms with Gasteiger partial charge >= 0.3 is 11.1 Å². The van der Waals surface area contributed by atoms with Gasteiger partial charge in [0, 0.05) is 22.5 Å². The maximum Gasteiger partial charge on any atom is 0.339 e. The summed E-state index contributed by atoms with van der Waals surface area (Å²) < 4.78 is 1.32. The fourth-order valence-electron chi connectivity index (χ4n) is 1.45. The third-order valence-electron chi connectivity index (χ3n) is 2.38. The van der Waals surface area contributed by atoms with E-state index in [-0.39, 0.29) is 11.0 Å². The summed E-state index contributed by atoms with van der Waals surface area (Å²) in [5.74, 6) is -0.126. The molecule has 9 heteroatoms. The highest BCUT2D eigenvalue weighted by atomic mass is 35.5. The third kappa shape index (κ3) is 2.91. The molecule has 0 fully saturated rings. The smallest absolute Gasteiger partial charge is 0.339 e. The SMILES string of the molecule is Cn1[nH]c(=O)c(=O)nc1Sc1cc(Cl)ccc1C(=N)N. The van der Waals surface area contributed by atoms with Crippen LogP contribution in [-0.4, -0.2) is 20.6 Å². The highest BCUT2D eigenvalue weighted by Gasteiger charge is 2.12. The van der Waals surface area contributed by atoms with Crippen LogP contribution in [0.2, 0.25) is 5.02 Å². The van der Waals surface area contributed by atoms with E-state index in [1.165, 1.54) is 4.68 Å². The summed E-state index contributed by atoms with van der Waals surface area (Å²) in [5.41, 5.74) is 4.29. The van der Waals surface area contributed by atoms with Gasteiger partial charge in [0.15, 0.2) is 5.16 Å². The fourth-order valence-corrected chi connectivity index (χ4v) is 2.67. The van der Waals surface area contributed by atoms with Crippen molar-refractivity contribution in [1.29, 1.82) is 5.41 Å². The van der Waals surface area contributed by atoms with Crippen LogP contribution in [0.15, 0.2) is 37.8 Å². The van der Waals surface area contributed by atoms with Crippen LogP contribution in [0, 0.1) is 5.41 Å². The van der Waals surface area contributed by atoms with Crippen LogP contribution >= 0.6 is 23.4 Å². The Morgan fingerprint density at radius 3 is 2.85 bits per heavy atom. The summed E-state index contributed by atoms with van der Waals surface area (Å²) in [6, 6.07) is 4.83. The number of halogens is 1. The van der Waals surface area contributed by atoms with Crippen LogP contribution in [0.25, 0.3) is 0 Å². The molecular formula is C11H10ClN5O2S. The molecule has 1 aromatic heterocycles. The molecule has 0 unspecified atom stereocenters. The number of hydrogen-bond acceptors (Lipinski definition) is 5. The normalized spacial score (nSPS) is 10.5. The van der Waals surface area contributed by atoms with E-state index in [2.05, 4.69) is 10.1 Å². The number of rotatable bonds is 3. The Kier molecular flexibility index (Phi) is 3.96. The maximum atomic E-state index is 11.3. The van der Waals surface area contributed by atoms with Crippen molar-refractivity contribution in [3.8, 4) is 0 Å². The minimum absolute atomic E-state index is 0.126. The Bertz CT molecular complexity index is 798. The van der Waals surface area contributed by atoms with Gasteiger partial charge in [-0.15, -0.1) is 0 Å². The number of hydrogen-bond donors (Lipinski definition) is 3. The Hall–Kier alpha value is -2.06. The van der Waals surface area contributed by atoms with E-state index in [0.717, 1.165) is 11.8 Å². The van der Waals surface area contributed by atoms with Crippen molar-refractivity contribution in [2.24, 2.45) is 12.8 Å². The first-order chi connectivity index (χ1) is 9.38. The number of H-pyrrole nitrogens is 1.